The summed E-state index contributed by atoms with van der Waals surface area (Å²) in [7, 11) is 0. The molecule has 1 atom stereocenters. The summed E-state index contributed by atoms with van der Waals surface area (Å²) in [4.78, 5) is 23.2. The van der Waals surface area contributed by atoms with Gasteiger partial charge in [0.15, 0.2) is 5.76 Å². The summed E-state index contributed by atoms with van der Waals surface area (Å²) in [6.45, 7) is 2.89. The van der Waals surface area contributed by atoms with E-state index in [9.17, 15) is 14.0 Å². The van der Waals surface area contributed by atoms with Crippen molar-refractivity contribution in [2.75, 3.05) is 11.1 Å². The molecular formula is C20H19FN4O3. The minimum atomic E-state index is -0.719. The van der Waals surface area contributed by atoms with Gasteiger partial charge in [-0.1, -0.05) is 0 Å². The van der Waals surface area contributed by atoms with Crippen molar-refractivity contribution in [3.8, 4) is 0 Å². The van der Waals surface area contributed by atoms with Gasteiger partial charge in [-0.25, -0.2) is 4.39 Å². The predicted octanol–water partition coefficient (Wildman–Crippen LogP) is 3.03. The maximum atomic E-state index is 13.4. The summed E-state index contributed by atoms with van der Waals surface area (Å²) < 4.78 is 19.0. The Morgan fingerprint density at radius 3 is 2.64 bits per heavy atom. The highest BCUT2D eigenvalue weighted by molar-refractivity contribution is 6.14. The lowest BCUT2D eigenvalue weighted by Crippen LogP contribution is -2.40. The van der Waals surface area contributed by atoms with Gasteiger partial charge in [-0.05, 0) is 49.4 Å². The summed E-state index contributed by atoms with van der Waals surface area (Å²) in [5.74, 6) is -0.897. The Bertz CT molecular complexity index is 1090. The van der Waals surface area contributed by atoms with Crippen LogP contribution in [0.4, 0.5) is 15.8 Å². The van der Waals surface area contributed by atoms with Crippen LogP contribution >= 0.6 is 0 Å². The summed E-state index contributed by atoms with van der Waals surface area (Å²) in [6, 6.07) is 9.63. The number of halogens is 1. The van der Waals surface area contributed by atoms with Crippen LogP contribution in [0.2, 0.25) is 0 Å². The molecule has 2 aromatic carbocycles. The highest BCUT2D eigenvalue weighted by atomic mass is 19.1. The summed E-state index contributed by atoms with van der Waals surface area (Å²) >= 11 is 0. The van der Waals surface area contributed by atoms with Gasteiger partial charge < -0.3 is 20.8 Å². The molecule has 0 aliphatic heterocycles. The maximum absolute atomic E-state index is 13.4. The van der Waals surface area contributed by atoms with Gasteiger partial charge in [-0.15, -0.1) is 0 Å². The largest absolute Gasteiger partial charge is 0.454 e. The standard InChI is InChI=1S/C20H19FN4O3/c1-10(24-11(2)26)20(27)25-14-4-5-16(22)15(9-14)19(23)18-8-12-7-13(21)3-6-17(12)28-18/h3-10,23H,22H2,1-2H3,(H,24,26)(H,25,27). The van der Waals surface area contributed by atoms with Gasteiger partial charge in [0.1, 0.15) is 23.2 Å². The number of carbonyl (C=O) groups is 2. The van der Waals surface area contributed by atoms with Gasteiger partial charge in [0.05, 0.1) is 0 Å². The monoisotopic (exact) mass is 382 g/mol. The first-order valence-corrected chi connectivity index (χ1v) is 8.50. The molecule has 0 radical (unpaired) electrons. The second-order valence-corrected chi connectivity index (χ2v) is 6.38. The topological polar surface area (TPSA) is 121 Å². The molecule has 0 spiro atoms. The third kappa shape index (κ3) is 4.01. The molecule has 2 amide bonds. The fraction of sp³-hybridized carbons (Fsp3) is 0.150. The fourth-order valence-corrected chi connectivity index (χ4v) is 2.74. The normalized spacial score (nSPS) is 11.8. The highest BCUT2D eigenvalue weighted by Crippen LogP contribution is 2.26. The quantitative estimate of drug-likeness (QED) is 0.400. The molecule has 0 saturated heterocycles. The van der Waals surface area contributed by atoms with E-state index in [4.69, 9.17) is 15.6 Å². The molecule has 144 valence electrons. The molecule has 3 rings (SSSR count). The Balaban J connectivity index is 1.86. The van der Waals surface area contributed by atoms with Crippen molar-refractivity contribution in [3.05, 3.63) is 59.6 Å². The van der Waals surface area contributed by atoms with Gasteiger partial charge in [-0.2, -0.15) is 0 Å². The summed E-state index contributed by atoms with van der Waals surface area (Å²) in [5.41, 5.74) is 7.53. The van der Waals surface area contributed by atoms with E-state index in [2.05, 4.69) is 10.6 Å². The van der Waals surface area contributed by atoms with Crippen LogP contribution in [0.15, 0.2) is 46.9 Å². The van der Waals surface area contributed by atoms with Crippen LogP contribution in [0.3, 0.4) is 0 Å². The molecule has 8 heteroatoms. The Morgan fingerprint density at radius 1 is 1.18 bits per heavy atom. The van der Waals surface area contributed by atoms with Crippen molar-refractivity contribution < 1.29 is 18.4 Å². The number of benzene rings is 2. The average Bonchev–Trinajstić information content (AvgIpc) is 3.05. The van der Waals surface area contributed by atoms with E-state index in [-0.39, 0.29) is 17.4 Å². The molecule has 1 aromatic heterocycles. The number of carbonyl (C=O) groups excluding carboxylic acids is 2. The van der Waals surface area contributed by atoms with Crippen LogP contribution in [-0.4, -0.2) is 23.6 Å². The zero-order chi connectivity index (χ0) is 20.4. The third-order valence-electron chi connectivity index (χ3n) is 4.13. The Hall–Kier alpha value is -3.68. The number of fused-ring (bicyclic) bond motifs is 1. The van der Waals surface area contributed by atoms with Crippen molar-refractivity contribution >= 4 is 39.9 Å². The van der Waals surface area contributed by atoms with Gasteiger partial charge in [0.2, 0.25) is 11.8 Å². The van der Waals surface area contributed by atoms with Crippen molar-refractivity contribution in [2.45, 2.75) is 19.9 Å². The van der Waals surface area contributed by atoms with Crippen LogP contribution in [0.25, 0.3) is 11.0 Å². The van der Waals surface area contributed by atoms with E-state index < -0.39 is 17.8 Å². The number of hydrogen-bond donors (Lipinski definition) is 4. The lowest BCUT2D eigenvalue weighted by atomic mass is 10.0. The molecular weight excluding hydrogens is 363 g/mol. The van der Waals surface area contributed by atoms with E-state index in [1.807, 2.05) is 0 Å². The SMILES string of the molecule is CC(=O)NC(C)C(=O)Nc1ccc(N)c(C(=N)c2cc3cc(F)ccc3o2)c1. The van der Waals surface area contributed by atoms with E-state index >= 15 is 0 Å². The Morgan fingerprint density at radius 2 is 1.93 bits per heavy atom. The first-order valence-electron chi connectivity index (χ1n) is 8.50. The smallest absolute Gasteiger partial charge is 0.246 e. The van der Waals surface area contributed by atoms with E-state index in [1.54, 1.807) is 31.2 Å². The number of anilines is 2. The van der Waals surface area contributed by atoms with Gasteiger partial charge in [-0.3, -0.25) is 15.0 Å². The number of nitrogen functional groups attached to an aromatic ring is 1. The zero-order valence-corrected chi connectivity index (χ0v) is 15.3. The van der Waals surface area contributed by atoms with Crippen molar-refractivity contribution in [3.63, 3.8) is 0 Å². The van der Waals surface area contributed by atoms with Crippen LogP contribution < -0.4 is 16.4 Å². The number of nitrogens with one attached hydrogen (secondary N) is 3. The van der Waals surface area contributed by atoms with Crippen LogP contribution in [0.1, 0.15) is 25.2 Å². The van der Waals surface area contributed by atoms with E-state index in [0.29, 0.717) is 27.9 Å². The zero-order valence-electron chi connectivity index (χ0n) is 15.3. The minimum absolute atomic E-state index is 0.000108. The number of rotatable bonds is 5. The molecule has 5 N–H and O–H groups in total. The molecule has 28 heavy (non-hydrogen) atoms. The van der Waals surface area contributed by atoms with E-state index in [1.165, 1.54) is 25.1 Å². The number of nitrogens with two attached hydrogens (primary N) is 1. The predicted molar refractivity (Wildman–Crippen MR) is 105 cm³/mol. The molecule has 0 aliphatic carbocycles. The minimum Gasteiger partial charge on any atom is -0.454 e. The molecule has 0 fully saturated rings. The second kappa shape index (κ2) is 7.51. The molecule has 1 unspecified atom stereocenters. The maximum Gasteiger partial charge on any atom is 0.246 e. The first-order chi connectivity index (χ1) is 13.2. The van der Waals surface area contributed by atoms with Crippen LogP contribution in [0.5, 0.6) is 0 Å². The van der Waals surface area contributed by atoms with Gasteiger partial charge in [0.25, 0.3) is 0 Å². The highest BCUT2D eigenvalue weighted by Gasteiger charge is 2.17. The van der Waals surface area contributed by atoms with Crippen molar-refractivity contribution in [1.82, 2.24) is 5.32 Å². The Kier molecular flexibility index (Phi) is 5.12. The number of hydrogen-bond acceptors (Lipinski definition) is 5. The fourth-order valence-electron chi connectivity index (χ4n) is 2.74. The molecule has 7 nitrogen and oxygen atoms in total. The van der Waals surface area contributed by atoms with Crippen LogP contribution in [0, 0.1) is 11.2 Å². The second-order valence-electron chi connectivity index (χ2n) is 6.38. The molecule has 1 heterocycles. The van der Waals surface area contributed by atoms with Crippen LogP contribution in [-0.2, 0) is 9.59 Å². The van der Waals surface area contributed by atoms with Crippen molar-refractivity contribution in [1.29, 1.82) is 5.41 Å². The summed E-state index contributed by atoms with van der Waals surface area (Å²) in [5, 5.41) is 14.1. The number of furan rings is 1. The summed E-state index contributed by atoms with van der Waals surface area (Å²) in [6.07, 6.45) is 0. The molecule has 3 aromatic rings. The Labute approximate surface area is 160 Å². The van der Waals surface area contributed by atoms with Crippen molar-refractivity contribution in [2.24, 2.45) is 0 Å². The third-order valence-corrected chi connectivity index (χ3v) is 4.13. The molecule has 0 bridgehead atoms. The lowest BCUT2D eigenvalue weighted by Gasteiger charge is -2.14. The molecule has 0 aliphatic rings. The number of amides is 2. The lowest BCUT2D eigenvalue weighted by molar-refractivity contribution is -0.124. The molecule has 0 saturated carbocycles. The first kappa shape index (κ1) is 19.1. The van der Waals surface area contributed by atoms with Gasteiger partial charge in [0, 0.05) is 29.2 Å². The van der Waals surface area contributed by atoms with E-state index in [0.717, 1.165) is 0 Å². The average molecular weight is 382 g/mol. The van der Waals surface area contributed by atoms with Gasteiger partial charge >= 0.3 is 0 Å².